The molecule has 56 heavy (non-hydrogen) atoms. The van der Waals surface area contributed by atoms with Crippen LogP contribution >= 0.6 is 0 Å². The molecule has 4 nitrogen and oxygen atoms in total. The molecule has 4 heteroatoms. The van der Waals surface area contributed by atoms with Crippen LogP contribution in [0.15, 0.2) is 152 Å². The SMILES string of the molecule is Cc1ccc2c(c1)c1ccccc1c1cc3c(cc21)C(C)(C)c1cc2c(cc1-3)C(C)(C)c1ccccc1N2c1cc(-c2ccccn2)nc(-c2ccccn2)c1. The molecule has 0 bridgehead atoms. The van der Waals surface area contributed by atoms with Crippen molar-refractivity contribution in [2.45, 2.75) is 45.4 Å². The molecule has 0 fully saturated rings. The molecule has 0 amide bonds. The van der Waals surface area contributed by atoms with Gasteiger partial charge in [-0.1, -0.05) is 106 Å². The van der Waals surface area contributed by atoms with Gasteiger partial charge in [0, 0.05) is 23.2 Å². The average Bonchev–Trinajstić information content (AvgIpc) is 3.44. The van der Waals surface area contributed by atoms with E-state index in [1.807, 2.05) is 48.8 Å². The van der Waals surface area contributed by atoms with E-state index in [4.69, 9.17) is 15.0 Å². The van der Waals surface area contributed by atoms with Crippen LogP contribution in [0.1, 0.15) is 55.5 Å². The maximum Gasteiger partial charge on any atom is 0.0915 e. The molecule has 0 unspecified atom stereocenters. The number of nitrogens with zero attached hydrogens (tertiary/aromatic N) is 4. The van der Waals surface area contributed by atoms with Crippen molar-refractivity contribution in [3.8, 4) is 33.9 Å². The van der Waals surface area contributed by atoms with Crippen LogP contribution in [0.2, 0.25) is 0 Å². The number of benzene rings is 6. The van der Waals surface area contributed by atoms with Crippen molar-refractivity contribution in [2.75, 3.05) is 4.90 Å². The summed E-state index contributed by atoms with van der Waals surface area (Å²) in [6, 6.07) is 51.1. The summed E-state index contributed by atoms with van der Waals surface area (Å²) in [5.74, 6) is 0. The predicted octanol–water partition coefficient (Wildman–Crippen LogP) is 13.4. The van der Waals surface area contributed by atoms with E-state index in [0.717, 1.165) is 28.5 Å². The minimum absolute atomic E-state index is 0.236. The second-order valence-electron chi connectivity index (χ2n) is 16.6. The molecule has 0 N–H and O–H groups in total. The standard InChI is InChI=1S/C52H40N4/c1-31-20-21-35-36(24-31)33-14-6-7-15-34(33)37-27-39-40-29-44-50(30-43(40)52(4,5)42(39)28-38(35)37)56(49-19-9-8-16-41(49)51(44,2)3)32-25-47(45-17-10-12-22-53-45)55-48(26-32)46-18-11-13-23-54-46/h6-30H,1-5H3. The van der Waals surface area contributed by atoms with Crippen molar-refractivity contribution in [3.05, 3.63) is 180 Å². The van der Waals surface area contributed by atoms with Crippen LogP contribution in [0.25, 0.3) is 66.2 Å². The first kappa shape index (κ1) is 32.8. The highest BCUT2D eigenvalue weighted by Crippen LogP contribution is 2.58. The molecule has 11 rings (SSSR count). The third-order valence-electron chi connectivity index (χ3n) is 12.6. The van der Waals surface area contributed by atoms with E-state index >= 15 is 0 Å². The summed E-state index contributed by atoms with van der Waals surface area (Å²) < 4.78 is 0. The summed E-state index contributed by atoms with van der Waals surface area (Å²) in [6.07, 6.45) is 3.66. The second-order valence-corrected chi connectivity index (χ2v) is 16.6. The summed E-state index contributed by atoms with van der Waals surface area (Å²) >= 11 is 0. The number of para-hydroxylation sites is 1. The van der Waals surface area contributed by atoms with Crippen LogP contribution < -0.4 is 4.90 Å². The van der Waals surface area contributed by atoms with Gasteiger partial charge in [0.2, 0.25) is 0 Å². The van der Waals surface area contributed by atoms with Crippen LogP contribution in [0.5, 0.6) is 0 Å². The topological polar surface area (TPSA) is 41.9 Å². The Morgan fingerprint density at radius 1 is 0.411 bits per heavy atom. The Labute approximate surface area is 327 Å². The molecule has 4 heterocycles. The van der Waals surface area contributed by atoms with E-state index in [9.17, 15) is 0 Å². The van der Waals surface area contributed by atoms with E-state index in [1.165, 1.54) is 82.6 Å². The van der Waals surface area contributed by atoms with E-state index in [2.05, 4.69) is 143 Å². The number of aryl methyl sites for hydroxylation is 1. The Morgan fingerprint density at radius 2 is 0.964 bits per heavy atom. The monoisotopic (exact) mass is 720 g/mol. The predicted molar refractivity (Wildman–Crippen MR) is 232 cm³/mol. The van der Waals surface area contributed by atoms with Crippen molar-refractivity contribution >= 4 is 49.4 Å². The maximum absolute atomic E-state index is 5.14. The molecule has 2 aliphatic rings. The number of fused-ring (bicyclic) bond motifs is 11. The molecule has 268 valence electrons. The third kappa shape index (κ3) is 4.62. The minimum Gasteiger partial charge on any atom is -0.310 e. The molecule has 3 aromatic heterocycles. The molecule has 0 atom stereocenters. The first-order chi connectivity index (χ1) is 27.2. The van der Waals surface area contributed by atoms with Crippen molar-refractivity contribution in [2.24, 2.45) is 0 Å². The van der Waals surface area contributed by atoms with Gasteiger partial charge in [-0.25, -0.2) is 4.98 Å². The minimum atomic E-state index is -0.261. The highest BCUT2D eigenvalue weighted by Gasteiger charge is 2.42. The van der Waals surface area contributed by atoms with Crippen molar-refractivity contribution in [3.63, 3.8) is 0 Å². The van der Waals surface area contributed by atoms with Crippen LogP contribution in [0, 0.1) is 6.92 Å². The van der Waals surface area contributed by atoms with Gasteiger partial charge in [-0.05, 0) is 139 Å². The summed E-state index contributed by atoms with van der Waals surface area (Å²) in [6.45, 7) is 11.8. The largest absolute Gasteiger partial charge is 0.310 e. The summed E-state index contributed by atoms with van der Waals surface area (Å²) in [7, 11) is 0. The van der Waals surface area contributed by atoms with Crippen LogP contribution in [0.3, 0.4) is 0 Å². The van der Waals surface area contributed by atoms with E-state index < -0.39 is 0 Å². The molecule has 0 saturated heterocycles. The van der Waals surface area contributed by atoms with Crippen LogP contribution in [-0.2, 0) is 10.8 Å². The number of hydrogen-bond acceptors (Lipinski definition) is 4. The molecule has 0 spiro atoms. The number of hydrogen-bond donors (Lipinski definition) is 0. The van der Waals surface area contributed by atoms with Crippen molar-refractivity contribution < 1.29 is 0 Å². The number of pyridine rings is 3. The number of rotatable bonds is 3. The Balaban J connectivity index is 1.19. The van der Waals surface area contributed by atoms with Crippen molar-refractivity contribution in [1.82, 2.24) is 15.0 Å². The normalized spacial score (nSPS) is 14.8. The van der Waals surface area contributed by atoms with Gasteiger partial charge in [0.1, 0.15) is 0 Å². The average molecular weight is 721 g/mol. The zero-order chi connectivity index (χ0) is 37.9. The lowest BCUT2D eigenvalue weighted by molar-refractivity contribution is 0.627. The van der Waals surface area contributed by atoms with Gasteiger partial charge >= 0.3 is 0 Å². The molecule has 1 aliphatic heterocycles. The zero-order valence-corrected chi connectivity index (χ0v) is 32.2. The van der Waals surface area contributed by atoms with Gasteiger partial charge in [-0.15, -0.1) is 0 Å². The van der Waals surface area contributed by atoms with Gasteiger partial charge in [-0.3, -0.25) is 9.97 Å². The Hall–Kier alpha value is -6.65. The van der Waals surface area contributed by atoms with Gasteiger partial charge in [0.25, 0.3) is 0 Å². The summed E-state index contributed by atoms with van der Waals surface area (Å²) in [5.41, 5.74) is 15.4. The molecule has 1 aliphatic carbocycles. The lowest BCUT2D eigenvalue weighted by Crippen LogP contribution is -2.31. The third-order valence-corrected chi connectivity index (χ3v) is 12.6. The summed E-state index contributed by atoms with van der Waals surface area (Å²) in [5, 5.41) is 7.87. The second kappa shape index (κ2) is 11.7. The molecular formula is C52H40N4. The van der Waals surface area contributed by atoms with E-state index in [0.29, 0.717) is 0 Å². The molecule has 6 aromatic carbocycles. The molecule has 0 radical (unpaired) electrons. The Bertz CT molecular complexity index is 3030. The first-order valence-corrected chi connectivity index (χ1v) is 19.5. The van der Waals surface area contributed by atoms with E-state index in [-0.39, 0.29) is 10.8 Å². The van der Waals surface area contributed by atoms with Gasteiger partial charge in [0.05, 0.1) is 39.8 Å². The van der Waals surface area contributed by atoms with Gasteiger partial charge in [-0.2, -0.15) is 0 Å². The van der Waals surface area contributed by atoms with Crippen LogP contribution in [0.4, 0.5) is 17.1 Å². The Kier molecular flexibility index (Phi) is 6.83. The first-order valence-electron chi connectivity index (χ1n) is 19.5. The lowest BCUT2D eigenvalue weighted by Gasteiger charge is -2.43. The van der Waals surface area contributed by atoms with Crippen molar-refractivity contribution in [1.29, 1.82) is 0 Å². The zero-order valence-electron chi connectivity index (χ0n) is 32.2. The molecule has 0 saturated carbocycles. The fourth-order valence-electron chi connectivity index (χ4n) is 9.70. The lowest BCUT2D eigenvalue weighted by atomic mass is 9.72. The highest BCUT2D eigenvalue weighted by molar-refractivity contribution is 6.26. The smallest absolute Gasteiger partial charge is 0.0915 e. The maximum atomic E-state index is 5.14. The Morgan fingerprint density at radius 3 is 1.64 bits per heavy atom. The number of aromatic nitrogens is 3. The quantitative estimate of drug-likeness (QED) is 0.170. The van der Waals surface area contributed by atoms with Gasteiger partial charge < -0.3 is 4.90 Å². The fourth-order valence-corrected chi connectivity index (χ4v) is 9.70. The number of anilines is 3. The van der Waals surface area contributed by atoms with E-state index in [1.54, 1.807) is 0 Å². The van der Waals surface area contributed by atoms with Crippen LogP contribution in [-0.4, -0.2) is 15.0 Å². The fraction of sp³-hybridized carbons (Fsp3) is 0.135. The highest BCUT2D eigenvalue weighted by atomic mass is 15.2. The van der Waals surface area contributed by atoms with Gasteiger partial charge in [0.15, 0.2) is 0 Å². The summed E-state index contributed by atoms with van der Waals surface area (Å²) in [4.78, 5) is 17.1. The molecule has 9 aromatic rings. The molecular weight excluding hydrogens is 681 g/mol.